The molecule has 104 valence electrons. The van der Waals surface area contributed by atoms with Crippen LogP contribution in [0.1, 0.15) is 18.9 Å². The number of rotatable bonds is 6. The number of carbonyl (C=O) groups is 1. The van der Waals surface area contributed by atoms with Gasteiger partial charge in [-0.1, -0.05) is 35.0 Å². The van der Waals surface area contributed by atoms with E-state index >= 15 is 0 Å². The van der Waals surface area contributed by atoms with Crippen LogP contribution in [0.15, 0.2) is 28.7 Å². The number of benzene rings is 1. The first kappa shape index (κ1) is 14.7. The monoisotopic (exact) mass is 325 g/mol. The van der Waals surface area contributed by atoms with Crippen molar-refractivity contribution in [1.29, 1.82) is 0 Å². The van der Waals surface area contributed by atoms with Crippen LogP contribution >= 0.6 is 15.9 Å². The van der Waals surface area contributed by atoms with Crippen molar-refractivity contribution in [2.45, 2.75) is 25.8 Å². The van der Waals surface area contributed by atoms with Crippen LogP contribution in [-0.2, 0) is 16.0 Å². The molecule has 1 saturated heterocycles. The number of ether oxygens (including phenoxy) is 1. The van der Waals surface area contributed by atoms with Crippen molar-refractivity contribution in [2.75, 3.05) is 19.8 Å². The van der Waals surface area contributed by atoms with Gasteiger partial charge < -0.3 is 10.1 Å². The second-order valence-electron chi connectivity index (χ2n) is 4.97. The van der Waals surface area contributed by atoms with E-state index in [0.29, 0.717) is 19.6 Å². The van der Waals surface area contributed by atoms with Crippen LogP contribution in [0.2, 0.25) is 0 Å². The molecule has 0 radical (unpaired) electrons. The maximum absolute atomic E-state index is 12.3. The molecule has 0 amide bonds. The average molecular weight is 326 g/mol. The lowest BCUT2D eigenvalue weighted by atomic mass is 9.93. The van der Waals surface area contributed by atoms with E-state index in [1.165, 1.54) is 0 Å². The third kappa shape index (κ3) is 4.13. The van der Waals surface area contributed by atoms with Crippen molar-refractivity contribution in [1.82, 2.24) is 5.32 Å². The Bertz CT molecular complexity index is 419. The van der Waals surface area contributed by atoms with Crippen molar-refractivity contribution in [3.63, 3.8) is 0 Å². The van der Waals surface area contributed by atoms with Gasteiger partial charge in [-0.15, -0.1) is 0 Å². The molecule has 2 unspecified atom stereocenters. The van der Waals surface area contributed by atoms with Gasteiger partial charge in [0.2, 0.25) is 0 Å². The fourth-order valence-corrected chi connectivity index (χ4v) is 2.60. The number of Topliss-reactive ketones (excluding diaryl/α,β-unsaturated/α-hetero) is 1. The van der Waals surface area contributed by atoms with Crippen LogP contribution in [-0.4, -0.2) is 31.6 Å². The minimum atomic E-state index is -0.00445. The van der Waals surface area contributed by atoms with Gasteiger partial charge in [0.1, 0.15) is 5.78 Å². The maximum atomic E-state index is 12.3. The minimum Gasteiger partial charge on any atom is -0.379 e. The highest BCUT2D eigenvalue weighted by molar-refractivity contribution is 9.10. The van der Waals surface area contributed by atoms with E-state index < -0.39 is 0 Å². The highest BCUT2D eigenvalue weighted by atomic mass is 79.9. The zero-order valence-electron chi connectivity index (χ0n) is 11.2. The average Bonchev–Trinajstić information content (AvgIpc) is 2.87. The van der Waals surface area contributed by atoms with Gasteiger partial charge in [0.15, 0.2) is 0 Å². The zero-order valence-corrected chi connectivity index (χ0v) is 12.8. The molecule has 1 aliphatic rings. The Morgan fingerprint density at radius 2 is 2.11 bits per heavy atom. The Morgan fingerprint density at radius 1 is 1.37 bits per heavy atom. The van der Waals surface area contributed by atoms with Crippen LogP contribution < -0.4 is 5.32 Å². The molecule has 1 heterocycles. The molecule has 19 heavy (non-hydrogen) atoms. The van der Waals surface area contributed by atoms with Gasteiger partial charge in [-0.25, -0.2) is 0 Å². The Hall–Kier alpha value is -0.710. The summed E-state index contributed by atoms with van der Waals surface area (Å²) in [6.07, 6.45) is 1.57. The van der Waals surface area contributed by atoms with Crippen LogP contribution in [0.25, 0.3) is 0 Å². The predicted molar refractivity (Wildman–Crippen MR) is 79.2 cm³/mol. The molecule has 0 bridgehead atoms. The van der Waals surface area contributed by atoms with Crippen molar-refractivity contribution in [3.8, 4) is 0 Å². The normalized spacial score (nSPS) is 22.6. The molecule has 1 aliphatic heterocycles. The minimum absolute atomic E-state index is 0.00445. The van der Waals surface area contributed by atoms with Crippen LogP contribution in [0.3, 0.4) is 0 Å². The molecule has 2 atom stereocenters. The molecular formula is C15H20BrNO2. The molecule has 0 saturated carbocycles. The first-order chi connectivity index (χ1) is 9.20. The summed E-state index contributed by atoms with van der Waals surface area (Å²) >= 11 is 3.40. The van der Waals surface area contributed by atoms with Crippen molar-refractivity contribution >= 4 is 21.7 Å². The highest BCUT2D eigenvalue weighted by Crippen LogP contribution is 2.18. The predicted octanol–water partition coefficient (Wildman–Crippen LogP) is 2.58. The molecule has 3 nitrogen and oxygen atoms in total. The molecule has 1 aromatic rings. The zero-order chi connectivity index (χ0) is 13.7. The third-order valence-electron chi connectivity index (χ3n) is 3.44. The summed E-state index contributed by atoms with van der Waals surface area (Å²) in [6, 6.07) is 8.11. The first-order valence-electron chi connectivity index (χ1n) is 6.79. The number of hydrogen-bond acceptors (Lipinski definition) is 3. The number of halogens is 1. The van der Waals surface area contributed by atoms with Crippen molar-refractivity contribution in [2.24, 2.45) is 5.92 Å². The number of hydrogen-bond donors (Lipinski definition) is 1. The molecule has 1 aromatic carbocycles. The Morgan fingerprint density at radius 3 is 2.79 bits per heavy atom. The van der Waals surface area contributed by atoms with Gasteiger partial charge in [0, 0.05) is 16.9 Å². The Labute approximate surface area is 122 Å². The number of carbonyl (C=O) groups excluding carboxylic acids is 1. The van der Waals surface area contributed by atoms with Gasteiger partial charge >= 0.3 is 0 Å². The van der Waals surface area contributed by atoms with Crippen molar-refractivity contribution < 1.29 is 9.53 Å². The smallest absolute Gasteiger partial charge is 0.144 e. The molecule has 4 heteroatoms. The summed E-state index contributed by atoms with van der Waals surface area (Å²) in [7, 11) is 0. The second kappa shape index (κ2) is 7.17. The van der Waals surface area contributed by atoms with Gasteiger partial charge in [-0.05, 0) is 30.7 Å². The molecule has 0 aromatic heterocycles. The fourth-order valence-electron chi connectivity index (χ4n) is 2.34. The van der Waals surface area contributed by atoms with Gasteiger partial charge in [-0.3, -0.25) is 4.79 Å². The van der Waals surface area contributed by atoms with Crippen LogP contribution in [0.4, 0.5) is 0 Å². The summed E-state index contributed by atoms with van der Waals surface area (Å²) in [5.41, 5.74) is 1.06. The lowest BCUT2D eigenvalue weighted by Gasteiger charge is -2.17. The molecule has 1 N–H and O–H groups in total. The third-order valence-corrected chi connectivity index (χ3v) is 3.97. The molecule has 0 spiro atoms. The highest BCUT2D eigenvalue weighted by Gasteiger charge is 2.33. The molecular weight excluding hydrogens is 306 g/mol. The molecule has 0 aliphatic carbocycles. The standard InChI is InChI=1S/C15H20BrNO2/c1-2-7-17-14-10-19-9-13(14)15(18)8-11-3-5-12(16)6-4-11/h3-6,13-14,17H,2,7-10H2,1H3. The van der Waals surface area contributed by atoms with Crippen LogP contribution in [0, 0.1) is 5.92 Å². The Balaban J connectivity index is 1.93. The van der Waals surface area contributed by atoms with Crippen LogP contribution in [0.5, 0.6) is 0 Å². The van der Waals surface area contributed by atoms with E-state index in [-0.39, 0.29) is 17.7 Å². The van der Waals surface area contributed by atoms with E-state index in [1.54, 1.807) is 0 Å². The summed E-state index contributed by atoms with van der Waals surface area (Å²) in [6.45, 7) is 4.27. The number of nitrogens with one attached hydrogen (secondary N) is 1. The SMILES string of the molecule is CCCNC1COCC1C(=O)Cc1ccc(Br)cc1. The lowest BCUT2D eigenvalue weighted by molar-refractivity contribution is -0.122. The van der Waals surface area contributed by atoms with Crippen molar-refractivity contribution in [3.05, 3.63) is 34.3 Å². The largest absolute Gasteiger partial charge is 0.379 e. The quantitative estimate of drug-likeness (QED) is 0.873. The first-order valence-corrected chi connectivity index (χ1v) is 7.58. The lowest BCUT2D eigenvalue weighted by Crippen LogP contribution is -2.40. The van der Waals surface area contributed by atoms with Gasteiger partial charge in [-0.2, -0.15) is 0 Å². The summed E-state index contributed by atoms with van der Waals surface area (Å²) in [5, 5.41) is 3.40. The van der Waals surface area contributed by atoms with Gasteiger partial charge in [0.05, 0.1) is 19.1 Å². The van der Waals surface area contributed by atoms with Gasteiger partial charge in [0.25, 0.3) is 0 Å². The summed E-state index contributed by atoms with van der Waals surface area (Å²) in [4.78, 5) is 12.3. The fraction of sp³-hybridized carbons (Fsp3) is 0.533. The van der Waals surface area contributed by atoms with E-state index in [4.69, 9.17) is 4.74 Å². The van der Waals surface area contributed by atoms with E-state index in [9.17, 15) is 4.79 Å². The summed E-state index contributed by atoms with van der Waals surface area (Å²) in [5.74, 6) is 0.267. The molecule has 2 rings (SSSR count). The maximum Gasteiger partial charge on any atom is 0.144 e. The topological polar surface area (TPSA) is 38.3 Å². The Kier molecular flexibility index (Phi) is 5.55. The summed E-state index contributed by atoms with van der Waals surface area (Å²) < 4.78 is 6.49. The van der Waals surface area contributed by atoms with E-state index in [2.05, 4.69) is 28.2 Å². The molecule has 1 fully saturated rings. The second-order valence-corrected chi connectivity index (χ2v) is 5.89. The van der Waals surface area contributed by atoms with E-state index in [0.717, 1.165) is 23.0 Å². The van der Waals surface area contributed by atoms with E-state index in [1.807, 2.05) is 24.3 Å². The number of ketones is 1.